The predicted octanol–water partition coefficient (Wildman–Crippen LogP) is 1.47. The predicted molar refractivity (Wildman–Crippen MR) is 59.2 cm³/mol. The molecule has 0 bridgehead atoms. The lowest BCUT2D eigenvalue weighted by atomic mass is 10.1. The van der Waals surface area contributed by atoms with E-state index in [1.807, 2.05) is 6.07 Å². The summed E-state index contributed by atoms with van der Waals surface area (Å²) in [5, 5.41) is 11.9. The summed E-state index contributed by atoms with van der Waals surface area (Å²) >= 11 is 3.47. The van der Waals surface area contributed by atoms with Crippen molar-refractivity contribution in [3.05, 3.63) is 11.3 Å². The first-order valence-electron chi connectivity index (χ1n) is 4.87. The van der Waals surface area contributed by atoms with Crippen LogP contribution in [0.15, 0.2) is 11.3 Å². The first kappa shape index (κ1) is 12.1. The number of rotatable bonds is 2. The molecule has 1 heterocycles. The Morgan fingerprint density at radius 1 is 1.80 bits per heavy atom. The highest BCUT2D eigenvalue weighted by molar-refractivity contribution is 9.09. The summed E-state index contributed by atoms with van der Waals surface area (Å²) in [6, 6.07) is 1.90. The van der Waals surface area contributed by atoms with Gasteiger partial charge in [0.2, 0.25) is 0 Å². The van der Waals surface area contributed by atoms with Gasteiger partial charge in [-0.2, -0.15) is 5.26 Å². The number of esters is 1. The molecule has 0 radical (unpaired) electrons. The third-order valence-electron chi connectivity index (χ3n) is 2.14. The molecule has 1 fully saturated rings. The Balaban J connectivity index is 2.76. The zero-order chi connectivity index (χ0) is 11.3. The largest absolute Gasteiger partial charge is 0.462 e. The first-order valence-corrected chi connectivity index (χ1v) is 5.79. The Kier molecular flexibility index (Phi) is 4.63. The maximum absolute atomic E-state index is 11.4. The van der Waals surface area contributed by atoms with Crippen LogP contribution in [-0.4, -0.2) is 23.9 Å². The van der Waals surface area contributed by atoms with Crippen LogP contribution in [0.25, 0.3) is 0 Å². The minimum Gasteiger partial charge on any atom is -0.462 e. The Bertz CT molecular complexity index is 310. The summed E-state index contributed by atoms with van der Waals surface area (Å²) in [6.45, 7) is 2.75. The Morgan fingerprint density at radius 2 is 2.53 bits per heavy atom. The van der Waals surface area contributed by atoms with Gasteiger partial charge in [-0.25, -0.2) is 4.79 Å². The van der Waals surface area contributed by atoms with Crippen molar-refractivity contribution in [3.8, 4) is 6.07 Å². The number of carbonyl (C=O) groups is 1. The molecular formula is C10H13BrN2O2. The molecule has 0 spiro atoms. The van der Waals surface area contributed by atoms with E-state index in [4.69, 9.17) is 10.00 Å². The number of carbonyl (C=O) groups excluding carboxylic acids is 1. The van der Waals surface area contributed by atoms with Crippen molar-refractivity contribution in [3.63, 3.8) is 0 Å². The summed E-state index contributed by atoms with van der Waals surface area (Å²) in [4.78, 5) is 11.8. The lowest BCUT2D eigenvalue weighted by Gasteiger charge is -2.22. The molecule has 0 aromatic heterocycles. The topological polar surface area (TPSA) is 62.1 Å². The minimum absolute atomic E-state index is 0.108. The number of allylic oxidation sites excluding steroid dienone is 1. The highest BCUT2D eigenvalue weighted by Crippen LogP contribution is 2.19. The number of ether oxygens (including phenoxy) is 1. The number of piperidine rings is 1. The molecule has 82 valence electrons. The molecule has 5 heteroatoms. The molecule has 15 heavy (non-hydrogen) atoms. The SMILES string of the molecule is CCOC(=O)C(C#N)=C1CCC(Br)CN1. The van der Waals surface area contributed by atoms with E-state index in [1.54, 1.807) is 6.92 Å². The Hall–Kier alpha value is -1.02. The van der Waals surface area contributed by atoms with Crippen LogP contribution in [-0.2, 0) is 9.53 Å². The monoisotopic (exact) mass is 272 g/mol. The third-order valence-corrected chi connectivity index (χ3v) is 2.92. The molecule has 1 unspecified atom stereocenters. The van der Waals surface area contributed by atoms with E-state index in [0.717, 1.165) is 13.0 Å². The second-order valence-corrected chi connectivity index (χ2v) is 4.50. The molecule has 1 aliphatic heterocycles. The minimum atomic E-state index is -0.532. The molecule has 0 aromatic rings. The van der Waals surface area contributed by atoms with Gasteiger partial charge in [0.15, 0.2) is 5.57 Å². The second-order valence-electron chi connectivity index (χ2n) is 3.20. The highest BCUT2D eigenvalue weighted by atomic mass is 79.9. The van der Waals surface area contributed by atoms with Gasteiger partial charge in [0, 0.05) is 17.1 Å². The van der Waals surface area contributed by atoms with E-state index in [0.29, 0.717) is 23.6 Å². The number of nitrogens with zero attached hydrogens (tertiary/aromatic N) is 1. The fourth-order valence-electron chi connectivity index (χ4n) is 1.38. The Labute approximate surface area is 97.4 Å². The number of alkyl halides is 1. The van der Waals surface area contributed by atoms with Crippen molar-refractivity contribution in [2.75, 3.05) is 13.2 Å². The van der Waals surface area contributed by atoms with Crippen LogP contribution < -0.4 is 5.32 Å². The zero-order valence-corrected chi connectivity index (χ0v) is 10.1. The van der Waals surface area contributed by atoms with Crippen molar-refractivity contribution in [2.24, 2.45) is 0 Å². The molecule has 1 N–H and O–H groups in total. The molecule has 1 atom stereocenters. The first-order chi connectivity index (χ1) is 7.19. The molecule has 1 aliphatic rings. The summed E-state index contributed by atoms with van der Waals surface area (Å²) in [6.07, 6.45) is 1.63. The van der Waals surface area contributed by atoms with Crippen LogP contribution in [0.1, 0.15) is 19.8 Å². The molecule has 0 amide bonds. The fourth-order valence-corrected chi connectivity index (χ4v) is 1.77. The summed E-state index contributed by atoms with van der Waals surface area (Å²) < 4.78 is 4.80. The van der Waals surface area contributed by atoms with E-state index in [2.05, 4.69) is 21.2 Å². The van der Waals surface area contributed by atoms with Gasteiger partial charge in [0.05, 0.1) is 6.61 Å². The van der Waals surface area contributed by atoms with Gasteiger partial charge in [-0.05, 0) is 19.8 Å². The van der Waals surface area contributed by atoms with Crippen molar-refractivity contribution >= 4 is 21.9 Å². The number of nitrogens with one attached hydrogen (secondary N) is 1. The standard InChI is InChI=1S/C10H13BrN2O2/c1-2-15-10(14)8(5-12)9-4-3-7(11)6-13-9/h7,13H,2-4,6H2,1H3. The number of halogens is 1. The lowest BCUT2D eigenvalue weighted by molar-refractivity contribution is -0.138. The van der Waals surface area contributed by atoms with Crippen LogP contribution in [0.3, 0.4) is 0 Å². The average Bonchev–Trinajstić information content (AvgIpc) is 2.22. The van der Waals surface area contributed by atoms with Crippen LogP contribution in [0.4, 0.5) is 0 Å². The van der Waals surface area contributed by atoms with Gasteiger partial charge in [0.25, 0.3) is 0 Å². The van der Waals surface area contributed by atoms with Crippen molar-refractivity contribution in [1.29, 1.82) is 5.26 Å². The van der Waals surface area contributed by atoms with E-state index < -0.39 is 5.97 Å². The summed E-state index contributed by atoms with van der Waals surface area (Å²) in [5.74, 6) is -0.532. The van der Waals surface area contributed by atoms with Crippen LogP contribution in [0.5, 0.6) is 0 Å². The quantitative estimate of drug-likeness (QED) is 0.358. The molecule has 1 saturated heterocycles. The molecule has 0 aliphatic carbocycles. The van der Waals surface area contributed by atoms with Gasteiger partial charge in [-0.3, -0.25) is 0 Å². The zero-order valence-electron chi connectivity index (χ0n) is 8.55. The van der Waals surface area contributed by atoms with Gasteiger partial charge in [0.1, 0.15) is 6.07 Å². The van der Waals surface area contributed by atoms with Crippen LogP contribution in [0.2, 0.25) is 0 Å². The van der Waals surface area contributed by atoms with E-state index in [-0.39, 0.29) is 5.57 Å². The van der Waals surface area contributed by atoms with Gasteiger partial charge in [-0.1, -0.05) is 15.9 Å². The maximum atomic E-state index is 11.4. The second kappa shape index (κ2) is 5.76. The number of hydrogen-bond donors (Lipinski definition) is 1. The average molecular weight is 273 g/mol. The Morgan fingerprint density at radius 3 is 3.00 bits per heavy atom. The molecular weight excluding hydrogens is 260 g/mol. The molecule has 1 rings (SSSR count). The van der Waals surface area contributed by atoms with Gasteiger partial charge in [-0.15, -0.1) is 0 Å². The molecule has 0 saturated carbocycles. The third kappa shape index (κ3) is 3.24. The highest BCUT2D eigenvalue weighted by Gasteiger charge is 2.21. The fraction of sp³-hybridized carbons (Fsp3) is 0.600. The molecule has 4 nitrogen and oxygen atoms in total. The van der Waals surface area contributed by atoms with Crippen molar-refractivity contribution < 1.29 is 9.53 Å². The number of nitriles is 1. The van der Waals surface area contributed by atoms with E-state index in [1.165, 1.54) is 0 Å². The van der Waals surface area contributed by atoms with E-state index in [9.17, 15) is 4.79 Å². The summed E-state index contributed by atoms with van der Waals surface area (Å²) in [7, 11) is 0. The van der Waals surface area contributed by atoms with E-state index >= 15 is 0 Å². The van der Waals surface area contributed by atoms with Gasteiger partial charge < -0.3 is 10.1 Å². The van der Waals surface area contributed by atoms with Crippen molar-refractivity contribution in [2.45, 2.75) is 24.6 Å². The lowest BCUT2D eigenvalue weighted by Crippen LogP contribution is -2.30. The van der Waals surface area contributed by atoms with Gasteiger partial charge >= 0.3 is 5.97 Å². The molecule has 0 aromatic carbocycles. The normalized spacial score (nSPS) is 23.7. The van der Waals surface area contributed by atoms with Crippen molar-refractivity contribution in [1.82, 2.24) is 5.32 Å². The van der Waals surface area contributed by atoms with Crippen LogP contribution >= 0.6 is 15.9 Å². The smallest absolute Gasteiger partial charge is 0.350 e. The number of hydrogen-bond acceptors (Lipinski definition) is 4. The van der Waals surface area contributed by atoms with Crippen LogP contribution in [0, 0.1) is 11.3 Å². The maximum Gasteiger partial charge on any atom is 0.350 e. The summed E-state index contributed by atoms with van der Waals surface area (Å²) in [5.41, 5.74) is 0.808.